The summed E-state index contributed by atoms with van der Waals surface area (Å²) in [6, 6.07) is 9.56. The second kappa shape index (κ2) is 7.15. The molecule has 0 bridgehead atoms. The number of carbonyl (C=O) groups excluding carboxylic acids is 1. The minimum Gasteiger partial charge on any atom is -0.591 e. The van der Waals surface area contributed by atoms with E-state index in [4.69, 9.17) is 4.74 Å². The highest BCUT2D eigenvalue weighted by Gasteiger charge is 2.32. The van der Waals surface area contributed by atoms with E-state index in [9.17, 15) is 9.35 Å². The molecule has 6 heteroatoms. The number of hydrogen-bond acceptors (Lipinski definition) is 4. The minimum absolute atomic E-state index is 0.0268. The van der Waals surface area contributed by atoms with Crippen molar-refractivity contribution in [3.8, 4) is 0 Å². The number of alkyl carbamates (subject to hydrolysis) is 1. The zero-order valence-corrected chi connectivity index (χ0v) is 14.0. The summed E-state index contributed by atoms with van der Waals surface area (Å²) in [5, 5.41) is 2.79. The number of nitrogens with zero attached hydrogens (tertiary/aromatic N) is 1. The molecular formula is C16H22N2O3S. The number of amides is 1. The Morgan fingerprint density at radius 1 is 1.36 bits per heavy atom. The summed E-state index contributed by atoms with van der Waals surface area (Å²) in [6.45, 7) is 5.93. The third-order valence-electron chi connectivity index (χ3n) is 3.23. The molecule has 1 aromatic carbocycles. The van der Waals surface area contributed by atoms with Crippen LogP contribution in [0, 0.1) is 0 Å². The standard InChI is InChI=1S/C16H22N2O3S/c1-16(2,3)22(20)18-14-9-13(10-14)17-15(19)21-11-12-7-5-4-6-8-12/h4-8,13H,9-11H2,1-3H3,(H,17,19). The lowest BCUT2D eigenvalue weighted by Crippen LogP contribution is -2.45. The first-order chi connectivity index (χ1) is 10.3. The summed E-state index contributed by atoms with van der Waals surface area (Å²) in [5.41, 5.74) is 1.84. The van der Waals surface area contributed by atoms with E-state index in [1.165, 1.54) is 0 Å². The van der Waals surface area contributed by atoms with Crippen LogP contribution >= 0.6 is 0 Å². The van der Waals surface area contributed by atoms with Crippen molar-refractivity contribution in [1.82, 2.24) is 5.32 Å². The van der Waals surface area contributed by atoms with Gasteiger partial charge in [-0.2, -0.15) is 0 Å². The summed E-state index contributed by atoms with van der Waals surface area (Å²) in [4.78, 5) is 11.7. The van der Waals surface area contributed by atoms with Crippen LogP contribution in [0.2, 0.25) is 0 Å². The van der Waals surface area contributed by atoms with E-state index < -0.39 is 17.5 Å². The van der Waals surface area contributed by atoms with Crippen molar-refractivity contribution < 1.29 is 14.1 Å². The van der Waals surface area contributed by atoms with Crippen LogP contribution < -0.4 is 5.32 Å². The zero-order valence-electron chi connectivity index (χ0n) is 13.2. The number of carbonyl (C=O) groups is 1. The second-order valence-electron chi connectivity index (χ2n) is 6.33. The molecule has 1 unspecified atom stereocenters. The molecular weight excluding hydrogens is 300 g/mol. The molecule has 120 valence electrons. The first kappa shape index (κ1) is 16.8. The van der Waals surface area contributed by atoms with Crippen molar-refractivity contribution in [1.29, 1.82) is 0 Å². The summed E-state index contributed by atoms with van der Waals surface area (Å²) >= 11 is -1.23. The first-order valence-electron chi connectivity index (χ1n) is 7.30. The molecule has 1 fully saturated rings. The fourth-order valence-corrected chi connectivity index (χ4v) is 2.53. The Morgan fingerprint density at radius 3 is 2.59 bits per heavy atom. The lowest BCUT2D eigenvalue weighted by molar-refractivity contribution is 0.135. The third kappa shape index (κ3) is 5.03. The first-order valence-corrected chi connectivity index (χ1v) is 8.41. The summed E-state index contributed by atoms with van der Waals surface area (Å²) in [6.07, 6.45) is 0.856. The Labute approximate surface area is 134 Å². The highest BCUT2D eigenvalue weighted by atomic mass is 32.2. The Hall–Kier alpha value is -1.53. The van der Waals surface area contributed by atoms with E-state index in [1.807, 2.05) is 51.1 Å². The molecule has 0 aromatic heterocycles. The molecule has 1 aromatic rings. The molecule has 22 heavy (non-hydrogen) atoms. The monoisotopic (exact) mass is 322 g/mol. The van der Waals surface area contributed by atoms with Crippen LogP contribution in [-0.4, -0.2) is 27.1 Å². The molecule has 1 atom stereocenters. The second-order valence-corrected chi connectivity index (χ2v) is 8.24. The van der Waals surface area contributed by atoms with Gasteiger partial charge in [0, 0.05) is 18.9 Å². The largest absolute Gasteiger partial charge is 0.591 e. The maximum Gasteiger partial charge on any atom is 0.407 e. The maximum atomic E-state index is 11.9. The molecule has 1 aliphatic rings. The van der Waals surface area contributed by atoms with Crippen LogP contribution in [0.4, 0.5) is 4.79 Å². The smallest absolute Gasteiger partial charge is 0.407 e. The van der Waals surface area contributed by atoms with Gasteiger partial charge < -0.3 is 14.6 Å². The number of nitrogens with one attached hydrogen (secondary N) is 1. The zero-order chi connectivity index (χ0) is 16.2. The van der Waals surface area contributed by atoms with Gasteiger partial charge in [0.05, 0.1) is 5.71 Å². The van der Waals surface area contributed by atoms with Gasteiger partial charge in [0.25, 0.3) is 0 Å². The molecule has 2 rings (SSSR count). The van der Waals surface area contributed by atoms with Gasteiger partial charge in [-0.1, -0.05) is 34.7 Å². The van der Waals surface area contributed by atoms with Crippen LogP contribution in [-0.2, 0) is 22.7 Å². The fraction of sp³-hybridized carbons (Fsp3) is 0.500. The molecule has 0 radical (unpaired) electrons. The number of rotatable bonds is 4. The Morgan fingerprint density at radius 2 is 2.00 bits per heavy atom. The van der Waals surface area contributed by atoms with Gasteiger partial charge in [0.2, 0.25) is 0 Å². The van der Waals surface area contributed by atoms with Gasteiger partial charge in [-0.3, -0.25) is 0 Å². The topological polar surface area (TPSA) is 73.8 Å². The van der Waals surface area contributed by atoms with Crippen LogP contribution in [0.5, 0.6) is 0 Å². The van der Waals surface area contributed by atoms with Crippen LogP contribution in [0.3, 0.4) is 0 Å². The third-order valence-corrected chi connectivity index (χ3v) is 4.71. The van der Waals surface area contributed by atoms with Gasteiger partial charge in [-0.05, 0) is 26.3 Å². The molecule has 1 N–H and O–H groups in total. The fourth-order valence-electron chi connectivity index (χ4n) is 1.87. The van der Waals surface area contributed by atoms with Gasteiger partial charge in [0.15, 0.2) is 0 Å². The van der Waals surface area contributed by atoms with Crippen molar-refractivity contribution in [2.45, 2.75) is 51.0 Å². The van der Waals surface area contributed by atoms with Crippen molar-refractivity contribution in [3.05, 3.63) is 35.9 Å². The van der Waals surface area contributed by atoms with E-state index >= 15 is 0 Å². The van der Waals surface area contributed by atoms with Gasteiger partial charge >= 0.3 is 6.09 Å². The summed E-state index contributed by atoms with van der Waals surface area (Å²) in [7, 11) is 0. The van der Waals surface area contributed by atoms with Gasteiger partial charge in [-0.25, -0.2) is 4.79 Å². The lowest BCUT2D eigenvalue weighted by atomic mass is 9.91. The van der Waals surface area contributed by atoms with E-state index in [0.717, 1.165) is 11.3 Å². The van der Waals surface area contributed by atoms with Crippen molar-refractivity contribution in [3.63, 3.8) is 0 Å². The highest BCUT2D eigenvalue weighted by molar-refractivity contribution is 7.91. The van der Waals surface area contributed by atoms with Crippen molar-refractivity contribution >= 4 is 23.2 Å². The molecule has 0 saturated heterocycles. The molecule has 1 saturated carbocycles. The van der Waals surface area contributed by atoms with Crippen LogP contribution in [0.1, 0.15) is 39.2 Å². The van der Waals surface area contributed by atoms with Crippen molar-refractivity contribution in [2.24, 2.45) is 4.40 Å². The average Bonchev–Trinajstić information content (AvgIpc) is 2.42. The molecule has 5 nitrogen and oxygen atoms in total. The predicted molar refractivity (Wildman–Crippen MR) is 88.1 cm³/mol. The van der Waals surface area contributed by atoms with E-state index in [0.29, 0.717) is 12.8 Å². The molecule has 1 amide bonds. The van der Waals surface area contributed by atoms with Crippen LogP contribution in [0.25, 0.3) is 0 Å². The van der Waals surface area contributed by atoms with Crippen molar-refractivity contribution in [2.75, 3.05) is 0 Å². The normalized spacial score (nSPS) is 19.1. The van der Waals surface area contributed by atoms with Crippen LogP contribution in [0.15, 0.2) is 34.7 Å². The predicted octanol–water partition coefficient (Wildman–Crippen LogP) is 2.98. The average molecular weight is 322 g/mol. The quantitative estimate of drug-likeness (QED) is 0.866. The lowest BCUT2D eigenvalue weighted by Gasteiger charge is -2.29. The van der Waals surface area contributed by atoms with E-state index in [-0.39, 0.29) is 17.4 Å². The Kier molecular flexibility index (Phi) is 5.47. The minimum atomic E-state index is -1.23. The number of ether oxygens (including phenoxy) is 1. The molecule has 0 heterocycles. The number of hydrogen-bond donors (Lipinski definition) is 1. The molecule has 0 aliphatic heterocycles. The maximum absolute atomic E-state index is 11.9. The van der Waals surface area contributed by atoms with E-state index in [1.54, 1.807) is 0 Å². The number of benzene rings is 1. The van der Waals surface area contributed by atoms with Gasteiger partial charge in [0.1, 0.15) is 22.7 Å². The Balaban J connectivity index is 1.69. The SMILES string of the molecule is CC(C)(C)[S+]([O-])N=C1CC(NC(=O)OCc2ccccc2)C1. The molecule has 1 aliphatic carbocycles. The highest BCUT2D eigenvalue weighted by Crippen LogP contribution is 2.23. The Bertz CT molecular complexity index is 532. The summed E-state index contributed by atoms with van der Waals surface area (Å²) in [5.74, 6) is 0. The van der Waals surface area contributed by atoms with E-state index in [2.05, 4.69) is 9.71 Å². The molecule has 0 spiro atoms. The summed E-state index contributed by atoms with van der Waals surface area (Å²) < 4.78 is 20.9. The van der Waals surface area contributed by atoms with Gasteiger partial charge in [-0.15, -0.1) is 0 Å².